The first-order chi connectivity index (χ1) is 13.9. The lowest BCUT2D eigenvalue weighted by Crippen LogP contribution is -2.36. The summed E-state index contributed by atoms with van der Waals surface area (Å²) in [6.45, 7) is 4.34. The van der Waals surface area contributed by atoms with E-state index < -0.39 is 5.82 Å². The molecule has 5 nitrogen and oxygen atoms in total. The van der Waals surface area contributed by atoms with Gasteiger partial charge in [0.15, 0.2) is 11.3 Å². The lowest BCUT2D eigenvalue weighted by atomic mass is 9.90. The zero-order valence-electron chi connectivity index (χ0n) is 16.1. The van der Waals surface area contributed by atoms with Crippen LogP contribution in [0.15, 0.2) is 45.6 Å². The highest BCUT2D eigenvalue weighted by atomic mass is 19.1. The van der Waals surface area contributed by atoms with Gasteiger partial charge in [-0.15, -0.1) is 0 Å². The van der Waals surface area contributed by atoms with Gasteiger partial charge in [0.05, 0.1) is 24.6 Å². The summed E-state index contributed by atoms with van der Waals surface area (Å²) in [5.74, 6) is 0.0669. The first-order valence-electron chi connectivity index (χ1n) is 9.43. The van der Waals surface area contributed by atoms with E-state index in [4.69, 9.17) is 24.8 Å². The van der Waals surface area contributed by atoms with Crippen molar-refractivity contribution in [3.8, 4) is 0 Å². The summed E-state index contributed by atoms with van der Waals surface area (Å²) in [5, 5.41) is 3.61. The van der Waals surface area contributed by atoms with Crippen LogP contribution in [0.3, 0.4) is 0 Å². The normalized spacial score (nSPS) is 15.4. The Hall–Kier alpha value is -2.73. The quantitative estimate of drug-likeness (QED) is 0.688. The molecule has 8 heteroatoms. The van der Waals surface area contributed by atoms with E-state index in [1.54, 1.807) is 18.2 Å². The van der Waals surface area contributed by atoms with Crippen molar-refractivity contribution in [3.63, 3.8) is 0 Å². The Kier molecular flexibility index (Phi) is 5.37. The van der Waals surface area contributed by atoms with E-state index in [9.17, 15) is 9.18 Å². The Morgan fingerprint density at radius 2 is 1.79 bits per heavy atom. The van der Waals surface area contributed by atoms with E-state index in [0.717, 1.165) is 0 Å². The minimum Gasteiger partial charge on any atom is -0.440 e. The van der Waals surface area contributed by atoms with Crippen LogP contribution in [-0.4, -0.2) is 42.0 Å². The Bertz CT molecular complexity index is 1090. The Balaban J connectivity index is 1.77. The Morgan fingerprint density at radius 3 is 2.52 bits per heavy atom. The van der Waals surface area contributed by atoms with Gasteiger partial charge in [-0.25, -0.2) is 4.39 Å². The van der Waals surface area contributed by atoms with Gasteiger partial charge in [-0.05, 0) is 25.1 Å². The van der Waals surface area contributed by atoms with Crippen molar-refractivity contribution in [2.45, 2.75) is 13.0 Å². The van der Waals surface area contributed by atoms with Gasteiger partial charge >= 0.3 is 0 Å². The van der Waals surface area contributed by atoms with Crippen molar-refractivity contribution >= 4 is 49.2 Å². The number of nitrogens with one attached hydrogen (secondary N) is 1. The van der Waals surface area contributed by atoms with E-state index >= 15 is 0 Å². The maximum absolute atomic E-state index is 13.7. The van der Waals surface area contributed by atoms with Crippen molar-refractivity contribution in [1.29, 1.82) is 0 Å². The summed E-state index contributed by atoms with van der Waals surface area (Å²) in [6.07, 6.45) is 0. The number of hydrogen-bond acceptors (Lipinski definition) is 5. The second kappa shape index (κ2) is 7.95. The largest absolute Gasteiger partial charge is 0.440 e. The van der Waals surface area contributed by atoms with Crippen LogP contribution in [0.5, 0.6) is 0 Å². The minimum absolute atomic E-state index is 0.163. The van der Waals surface area contributed by atoms with E-state index in [1.165, 1.54) is 18.2 Å². The number of hydrogen-bond donors (Lipinski definition) is 1. The molecule has 0 aliphatic carbocycles. The maximum Gasteiger partial charge on any atom is 0.200 e. The first kappa shape index (κ1) is 19.6. The van der Waals surface area contributed by atoms with Crippen LogP contribution in [0, 0.1) is 5.82 Å². The average molecular weight is 388 g/mol. The van der Waals surface area contributed by atoms with Crippen LogP contribution < -0.4 is 26.6 Å². The summed E-state index contributed by atoms with van der Waals surface area (Å²) >= 11 is 0. The molecule has 2 aromatic carbocycles. The molecule has 1 N–H and O–H groups in total. The molecule has 1 fully saturated rings. The molecule has 29 heavy (non-hydrogen) atoms. The standard InChI is InChI=1S/C21H19B2FN2O3/c1-12(25-16-7-13(22)6-15(24)10-16)17-8-14(23)9-18-19(27)11-20(29-21(17)18)26-2-4-28-5-3-26/h6-12,25H,2-5H2,1H3. The van der Waals surface area contributed by atoms with Crippen molar-refractivity contribution in [3.05, 3.63) is 58.0 Å². The van der Waals surface area contributed by atoms with E-state index in [2.05, 4.69) is 5.32 Å². The molecule has 1 aliphatic rings. The lowest BCUT2D eigenvalue weighted by molar-refractivity contribution is 0.121. The summed E-state index contributed by atoms with van der Waals surface area (Å²) < 4.78 is 25.2. The lowest BCUT2D eigenvalue weighted by Gasteiger charge is -2.27. The number of ether oxygens (including phenoxy) is 1. The van der Waals surface area contributed by atoms with Crippen molar-refractivity contribution in [2.75, 3.05) is 36.5 Å². The molecule has 144 valence electrons. The van der Waals surface area contributed by atoms with Gasteiger partial charge < -0.3 is 19.4 Å². The molecule has 0 bridgehead atoms. The summed E-state index contributed by atoms with van der Waals surface area (Å²) in [6, 6.07) is 8.79. The summed E-state index contributed by atoms with van der Waals surface area (Å²) in [4.78, 5) is 14.7. The van der Waals surface area contributed by atoms with Crippen LogP contribution in [0.25, 0.3) is 11.0 Å². The second-order valence-corrected chi connectivity index (χ2v) is 7.17. The van der Waals surface area contributed by atoms with Crippen LogP contribution in [0.4, 0.5) is 16.0 Å². The summed E-state index contributed by atoms with van der Waals surface area (Å²) in [5.41, 5.74) is 2.29. The molecular weight excluding hydrogens is 369 g/mol. The number of morpholine rings is 1. The molecule has 4 radical (unpaired) electrons. The monoisotopic (exact) mass is 388 g/mol. The van der Waals surface area contributed by atoms with Gasteiger partial charge in [-0.3, -0.25) is 4.79 Å². The van der Waals surface area contributed by atoms with Crippen molar-refractivity contribution in [2.24, 2.45) is 0 Å². The molecule has 1 aliphatic heterocycles. The number of halogens is 1. The highest BCUT2D eigenvalue weighted by Gasteiger charge is 2.19. The predicted octanol–water partition coefficient (Wildman–Crippen LogP) is 1.53. The number of anilines is 2. The predicted molar refractivity (Wildman–Crippen MR) is 115 cm³/mol. The van der Waals surface area contributed by atoms with Gasteiger partial charge in [0.2, 0.25) is 0 Å². The van der Waals surface area contributed by atoms with Crippen molar-refractivity contribution in [1.82, 2.24) is 0 Å². The number of benzene rings is 2. The molecule has 0 amide bonds. The summed E-state index contributed by atoms with van der Waals surface area (Å²) in [7, 11) is 11.8. The third-order valence-electron chi connectivity index (χ3n) is 4.96. The minimum atomic E-state index is -0.432. The first-order valence-corrected chi connectivity index (χ1v) is 9.43. The number of fused-ring (bicyclic) bond motifs is 1. The zero-order chi connectivity index (χ0) is 20.5. The van der Waals surface area contributed by atoms with Crippen LogP contribution in [0.2, 0.25) is 0 Å². The zero-order valence-corrected chi connectivity index (χ0v) is 16.1. The van der Waals surface area contributed by atoms with Gasteiger partial charge in [0.1, 0.15) is 27.1 Å². The van der Waals surface area contributed by atoms with E-state index in [0.29, 0.717) is 65.3 Å². The fraction of sp³-hybridized carbons (Fsp3) is 0.286. The third kappa shape index (κ3) is 4.17. The van der Waals surface area contributed by atoms with Crippen LogP contribution in [-0.2, 0) is 4.74 Å². The Morgan fingerprint density at radius 1 is 1.07 bits per heavy atom. The fourth-order valence-corrected chi connectivity index (χ4v) is 3.58. The molecule has 0 saturated carbocycles. The van der Waals surface area contributed by atoms with Crippen LogP contribution in [0.1, 0.15) is 18.5 Å². The molecule has 2 heterocycles. The van der Waals surface area contributed by atoms with Gasteiger partial charge in [0, 0.05) is 30.4 Å². The third-order valence-corrected chi connectivity index (χ3v) is 4.96. The Labute approximate surface area is 170 Å². The molecule has 1 unspecified atom stereocenters. The highest BCUT2D eigenvalue weighted by molar-refractivity contribution is 6.33. The molecule has 1 saturated heterocycles. The molecule has 4 rings (SSSR count). The molecule has 0 spiro atoms. The van der Waals surface area contributed by atoms with Crippen LogP contribution >= 0.6 is 0 Å². The smallest absolute Gasteiger partial charge is 0.200 e. The molecule has 1 atom stereocenters. The van der Waals surface area contributed by atoms with Gasteiger partial charge in [0.25, 0.3) is 0 Å². The molecule has 3 aromatic rings. The second-order valence-electron chi connectivity index (χ2n) is 7.17. The number of rotatable bonds is 4. The molecular formula is C21H19B2FN2O3. The maximum atomic E-state index is 13.7. The topological polar surface area (TPSA) is 54.7 Å². The fourth-order valence-electron chi connectivity index (χ4n) is 3.58. The average Bonchev–Trinajstić information content (AvgIpc) is 2.67. The highest BCUT2D eigenvalue weighted by Crippen LogP contribution is 2.28. The SMILES string of the molecule is [B]c1cc(F)cc(NC(C)c2cc([B])cc3c(=O)cc(N4CCOCC4)oc23)c1. The van der Waals surface area contributed by atoms with E-state index in [1.807, 2.05) is 11.8 Å². The van der Waals surface area contributed by atoms with Gasteiger partial charge in [-0.1, -0.05) is 23.1 Å². The molecule has 1 aromatic heterocycles. The van der Waals surface area contributed by atoms with Gasteiger partial charge in [-0.2, -0.15) is 0 Å². The van der Waals surface area contributed by atoms with E-state index in [-0.39, 0.29) is 11.5 Å². The van der Waals surface area contributed by atoms with Crippen molar-refractivity contribution < 1.29 is 13.5 Å². The number of nitrogens with zero attached hydrogens (tertiary/aromatic N) is 1.